The Bertz CT molecular complexity index is 1480. The van der Waals surface area contributed by atoms with E-state index in [4.69, 9.17) is 15.1 Å². The third-order valence-electron chi connectivity index (χ3n) is 7.27. The highest BCUT2D eigenvalue weighted by Gasteiger charge is 2.59. The predicted molar refractivity (Wildman–Crippen MR) is 145 cm³/mol. The highest BCUT2D eigenvalue weighted by atomic mass is 16.6. The highest BCUT2D eigenvalue weighted by molar-refractivity contribution is 6.19. The van der Waals surface area contributed by atoms with Gasteiger partial charge in [0.05, 0.1) is 17.2 Å². The van der Waals surface area contributed by atoms with E-state index in [0.29, 0.717) is 12.0 Å². The summed E-state index contributed by atoms with van der Waals surface area (Å²) in [6, 6.07) is 22.9. The van der Waals surface area contributed by atoms with Crippen molar-refractivity contribution in [1.29, 1.82) is 5.26 Å². The van der Waals surface area contributed by atoms with Crippen molar-refractivity contribution in [3.8, 4) is 6.07 Å². The second-order valence-electron chi connectivity index (χ2n) is 9.77. The van der Waals surface area contributed by atoms with Crippen molar-refractivity contribution in [3.05, 3.63) is 107 Å². The topological polar surface area (TPSA) is 174 Å². The average Bonchev–Trinajstić information content (AvgIpc) is 3.38. The van der Waals surface area contributed by atoms with Crippen LogP contribution < -0.4 is 5.32 Å². The van der Waals surface area contributed by atoms with Gasteiger partial charge in [-0.1, -0.05) is 54.6 Å². The number of piperidine rings is 1. The molecule has 0 radical (unpaired) electrons. The molecule has 4 N–H and O–H groups in total. The zero-order valence-electron chi connectivity index (χ0n) is 21.9. The molecule has 10 nitrogen and oxygen atoms in total. The number of nitrogens with zero attached hydrogens (tertiary/aromatic N) is 1. The van der Waals surface area contributed by atoms with Gasteiger partial charge in [0.15, 0.2) is 0 Å². The van der Waals surface area contributed by atoms with E-state index in [1.807, 2.05) is 6.07 Å². The lowest BCUT2D eigenvalue weighted by Gasteiger charge is -2.30. The summed E-state index contributed by atoms with van der Waals surface area (Å²) < 4.78 is 4.81. The first-order valence-electron chi connectivity index (χ1n) is 13.0. The molecule has 10 heteroatoms. The maximum atomic E-state index is 12.7. The summed E-state index contributed by atoms with van der Waals surface area (Å²) in [4.78, 5) is 48.1. The van der Waals surface area contributed by atoms with Crippen LogP contribution in [0.3, 0.4) is 0 Å². The lowest BCUT2D eigenvalue weighted by molar-refractivity contribution is -0.176. The maximum absolute atomic E-state index is 12.7. The number of nitriles is 1. The number of ether oxygens (including phenoxy) is 1. The van der Waals surface area contributed by atoms with Crippen LogP contribution in [0.15, 0.2) is 78.9 Å². The number of Topliss-reactive ketones (excluding diaryl/α,β-unsaturated/α-hetero) is 1. The number of ketones is 1. The average molecular weight is 557 g/mol. The molecule has 2 aliphatic rings. The van der Waals surface area contributed by atoms with Gasteiger partial charge >= 0.3 is 23.5 Å². The Morgan fingerprint density at radius 2 is 1.59 bits per heavy atom. The number of hydrogen-bond donors (Lipinski definition) is 4. The van der Waals surface area contributed by atoms with Gasteiger partial charge in [0, 0.05) is 11.6 Å². The second-order valence-corrected chi connectivity index (χ2v) is 9.77. The summed E-state index contributed by atoms with van der Waals surface area (Å²) in [6.45, 7) is 1.15. The van der Waals surface area contributed by atoms with Crippen LogP contribution in [0.1, 0.15) is 56.2 Å². The number of nitrogens with one attached hydrogen (secondary N) is 1. The van der Waals surface area contributed by atoms with Gasteiger partial charge in [-0.3, -0.25) is 4.79 Å². The van der Waals surface area contributed by atoms with Crippen LogP contribution in [-0.4, -0.2) is 63.3 Å². The van der Waals surface area contributed by atoms with E-state index in [9.17, 15) is 29.4 Å². The molecule has 41 heavy (non-hydrogen) atoms. The minimum atomic E-state index is -3.35. The molecular formula is C31H28N2O8. The Kier molecular flexibility index (Phi) is 8.92. The summed E-state index contributed by atoms with van der Waals surface area (Å²) in [5.41, 5.74) is -0.0302. The van der Waals surface area contributed by atoms with E-state index < -0.39 is 35.4 Å². The third-order valence-corrected chi connectivity index (χ3v) is 7.27. The molecule has 1 aliphatic heterocycles. The van der Waals surface area contributed by atoms with Gasteiger partial charge in [0.1, 0.15) is 0 Å². The van der Waals surface area contributed by atoms with Gasteiger partial charge in [0.25, 0.3) is 0 Å². The lowest BCUT2D eigenvalue weighted by atomic mass is 9.87. The summed E-state index contributed by atoms with van der Waals surface area (Å²) in [5, 5.41) is 41.1. The van der Waals surface area contributed by atoms with E-state index in [1.54, 1.807) is 12.1 Å². The molecule has 1 heterocycles. The fraction of sp³-hybridized carbons (Fsp3) is 0.258. The number of aliphatic hydroxyl groups excluding tert-OH is 1. The van der Waals surface area contributed by atoms with Crippen molar-refractivity contribution in [2.75, 3.05) is 6.54 Å². The first-order chi connectivity index (χ1) is 19.7. The van der Waals surface area contributed by atoms with Crippen LogP contribution in [-0.2, 0) is 20.7 Å². The van der Waals surface area contributed by atoms with Crippen LogP contribution in [0.4, 0.5) is 0 Å². The fourth-order valence-corrected chi connectivity index (χ4v) is 5.21. The summed E-state index contributed by atoms with van der Waals surface area (Å²) in [5.74, 6) is -6.12. The molecule has 3 aromatic rings. The van der Waals surface area contributed by atoms with E-state index in [-0.39, 0.29) is 11.1 Å². The van der Waals surface area contributed by atoms with Crippen LogP contribution in [0, 0.1) is 11.3 Å². The summed E-state index contributed by atoms with van der Waals surface area (Å²) in [7, 11) is 0. The SMILES string of the molecule is N#Cc1ccc2c(c1)C1CCCNC1C2.O=C(O[C@@](C(=O)O)(C(=O)c1ccccc1)[C@H](O)C(=O)O)c1ccccc1. The van der Waals surface area contributed by atoms with Crippen LogP contribution in [0.25, 0.3) is 0 Å². The predicted octanol–water partition coefficient (Wildman–Crippen LogP) is 2.95. The Balaban J connectivity index is 0.000000216. The number of carbonyl (C=O) groups excluding carboxylic acids is 2. The van der Waals surface area contributed by atoms with Crippen molar-refractivity contribution in [2.24, 2.45) is 0 Å². The normalized spacial score (nSPS) is 19.0. The fourth-order valence-electron chi connectivity index (χ4n) is 5.21. The van der Waals surface area contributed by atoms with E-state index >= 15 is 0 Å². The van der Waals surface area contributed by atoms with Gasteiger partial charge in [-0.25, -0.2) is 14.4 Å². The lowest BCUT2D eigenvalue weighted by Crippen LogP contribution is -2.61. The molecule has 2 unspecified atom stereocenters. The van der Waals surface area contributed by atoms with E-state index in [1.165, 1.54) is 72.5 Å². The number of aliphatic hydroxyl groups is 1. The van der Waals surface area contributed by atoms with Gasteiger partial charge in [-0.15, -0.1) is 0 Å². The number of fused-ring (bicyclic) bond motifs is 3. The molecule has 1 fully saturated rings. The number of rotatable bonds is 7. The third kappa shape index (κ3) is 6.01. The van der Waals surface area contributed by atoms with Crippen LogP contribution >= 0.6 is 0 Å². The summed E-state index contributed by atoms with van der Waals surface area (Å²) >= 11 is 0. The molecule has 1 aliphatic carbocycles. The molecule has 0 spiro atoms. The van der Waals surface area contributed by atoms with Crippen molar-refractivity contribution >= 4 is 23.7 Å². The van der Waals surface area contributed by atoms with Gasteiger partial charge < -0.3 is 25.4 Å². The number of aliphatic carboxylic acids is 2. The van der Waals surface area contributed by atoms with Crippen molar-refractivity contribution in [2.45, 2.75) is 42.9 Å². The van der Waals surface area contributed by atoms with E-state index in [2.05, 4.69) is 23.5 Å². The van der Waals surface area contributed by atoms with Crippen molar-refractivity contribution < 1.29 is 39.2 Å². The number of hydrogen-bond acceptors (Lipinski definition) is 8. The minimum absolute atomic E-state index is 0.114. The zero-order chi connectivity index (χ0) is 29.6. The molecule has 0 aromatic heterocycles. The quantitative estimate of drug-likeness (QED) is 0.192. The van der Waals surface area contributed by atoms with Gasteiger partial charge in [-0.2, -0.15) is 5.26 Å². The van der Waals surface area contributed by atoms with Crippen LogP contribution in [0.2, 0.25) is 0 Å². The number of esters is 1. The molecule has 0 bridgehead atoms. The Morgan fingerprint density at radius 1 is 0.951 bits per heavy atom. The Labute approximate surface area is 235 Å². The molecule has 5 rings (SSSR count). The monoisotopic (exact) mass is 556 g/mol. The molecule has 4 atom stereocenters. The van der Waals surface area contributed by atoms with Gasteiger partial charge in [0.2, 0.25) is 11.9 Å². The molecule has 3 aromatic carbocycles. The van der Waals surface area contributed by atoms with Crippen molar-refractivity contribution in [1.82, 2.24) is 5.32 Å². The Hall–Kier alpha value is -4.85. The maximum Gasteiger partial charge on any atom is 0.360 e. The zero-order valence-corrected chi connectivity index (χ0v) is 21.9. The molecule has 0 saturated carbocycles. The molecular weight excluding hydrogens is 528 g/mol. The molecule has 1 saturated heterocycles. The van der Waals surface area contributed by atoms with Gasteiger partial charge in [-0.05, 0) is 67.1 Å². The smallest absolute Gasteiger partial charge is 0.360 e. The standard InChI is InChI=1S/C18H14O8.C13H14N2/c19-13(11-7-3-1-4-8-11)18(17(24)25,14(20)15(21)22)26-16(23)12-9-5-2-6-10-12;14-8-9-3-4-10-7-13-11(12(10)6-9)2-1-5-15-13/h1-10,14,20H,(H,21,22)(H,24,25);3-4,6,11,13,15H,1-2,5,7H2/t14-,18+;/m1./s1. The molecule has 210 valence electrons. The second kappa shape index (κ2) is 12.6. The van der Waals surface area contributed by atoms with Crippen LogP contribution in [0.5, 0.6) is 0 Å². The largest absolute Gasteiger partial charge is 0.479 e. The number of carboxylic acids is 2. The number of carbonyl (C=O) groups is 4. The first kappa shape index (κ1) is 29.1. The molecule has 0 amide bonds. The number of benzene rings is 3. The van der Waals surface area contributed by atoms with E-state index in [0.717, 1.165) is 18.5 Å². The highest BCUT2D eigenvalue weighted by Crippen LogP contribution is 2.38. The summed E-state index contributed by atoms with van der Waals surface area (Å²) in [6.07, 6.45) is 0.864. The minimum Gasteiger partial charge on any atom is -0.479 e. The Morgan fingerprint density at radius 3 is 2.17 bits per heavy atom. The van der Waals surface area contributed by atoms with Crippen molar-refractivity contribution in [3.63, 3.8) is 0 Å². The first-order valence-corrected chi connectivity index (χ1v) is 13.0. The number of carboxylic acid groups (broad SMARTS) is 2.